The summed E-state index contributed by atoms with van der Waals surface area (Å²) in [5.74, 6) is -0.474. The summed E-state index contributed by atoms with van der Waals surface area (Å²) in [5, 5.41) is 5.89. The van der Waals surface area contributed by atoms with Crippen molar-refractivity contribution in [2.45, 2.75) is 13.5 Å². The lowest BCUT2D eigenvalue weighted by Crippen LogP contribution is -2.29. The van der Waals surface area contributed by atoms with Crippen LogP contribution in [-0.4, -0.2) is 25.5 Å². The van der Waals surface area contributed by atoms with Crippen LogP contribution in [0.15, 0.2) is 48.5 Å². The third-order valence-corrected chi connectivity index (χ3v) is 3.50. The third kappa shape index (κ3) is 4.85. The SMILES string of the molecule is COC(=O)c1ccc(NCC(=O)NCc2ccccc2C)cc1. The van der Waals surface area contributed by atoms with Crippen molar-refractivity contribution < 1.29 is 14.3 Å². The number of anilines is 1. The van der Waals surface area contributed by atoms with Gasteiger partial charge in [0.2, 0.25) is 5.91 Å². The maximum Gasteiger partial charge on any atom is 0.337 e. The third-order valence-electron chi connectivity index (χ3n) is 3.50. The molecule has 0 fully saturated rings. The second-order valence-electron chi connectivity index (χ2n) is 5.13. The van der Waals surface area contributed by atoms with E-state index in [1.807, 2.05) is 31.2 Å². The fraction of sp³-hybridized carbons (Fsp3) is 0.222. The number of amides is 1. The van der Waals surface area contributed by atoms with Crippen molar-refractivity contribution in [3.63, 3.8) is 0 Å². The van der Waals surface area contributed by atoms with E-state index in [4.69, 9.17) is 0 Å². The molecule has 0 atom stereocenters. The number of aryl methyl sites for hydroxylation is 1. The first-order chi connectivity index (χ1) is 11.1. The molecule has 0 aromatic heterocycles. The average Bonchev–Trinajstić information content (AvgIpc) is 2.59. The van der Waals surface area contributed by atoms with Crippen LogP contribution in [-0.2, 0) is 16.1 Å². The Labute approximate surface area is 135 Å². The van der Waals surface area contributed by atoms with Gasteiger partial charge in [0.15, 0.2) is 0 Å². The fourth-order valence-electron chi connectivity index (χ4n) is 2.09. The number of rotatable bonds is 6. The molecule has 0 radical (unpaired) electrons. The molecular weight excluding hydrogens is 292 g/mol. The number of carbonyl (C=O) groups excluding carboxylic acids is 2. The van der Waals surface area contributed by atoms with E-state index in [1.54, 1.807) is 24.3 Å². The number of nitrogens with one attached hydrogen (secondary N) is 2. The van der Waals surface area contributed by atoms with Crippen LogP contribution in [0.25, 0.3) is 0 Å². The normalized spacial score (nSPS) is 10.0. The number of esters is 1. The minimum Gasteiger partial charge on any atom is -0.465 e. The summed E-state index contributed by atoms with van der Waals surface area (Å²) < 4.78 is 4.63. The molecule has 0 spiro atoms. The topological polar surface area (TPSA) is 67.4 Å². The molecule has 0 saturated carbocycles. The molecule has 0 unspecified atom stereocenters. The molecule has 5 nitrogen and oxygen atoms in total. The molecule has 23 heavy (non-hydrogen) atoms. The molecule has 1 amide bonds. The summed E-state index contributed by atoms with van der Waals surface area (Å²) in [5.41, 5.74) is 3.49. The summed E-state index contributed by atoms with van der Waals surface area (Å²) in [7, 11) is 1.34. The lowest BCUT2D eigenvalue weighted by atomic mass is 10.1. The Bertz CT molecular complexity index is 681. The Morgan fingerprint density at radius 1 is 1.04 bits per heavy atom. The van der Waals surface area contributed by atoms with Gasteiger partial charge in [-0.15, -0.1) is 0 Å². The second-order valence-corrected chi connectivity index (χ2v) is 5.13. The number of hydrogen-bond acceptors (Lipinski definition) is 4. The molecule has 2 aromatic carbocycles. The molecule has 5 heteroatoms. The van der Waals surface area contributed by atoms with E-state index < -0.39 is 0 Å². The number of hydrogen-bond donors (Lipinski definition) is 2. The molecule has 0 bridgehead atoms. The van der Waals surface area contributed by atoms with Gasteiger partial charge < -0.3 is 15.4 Å². The first kappa shape index (κ1) is 16.5. The van der Waals surface area contributed by atoms with Crippen LogP contribution in [0.5, 0.6) is 0 Å². The Kier molecular flexibility index (Phi) is 5.74. The van der Waals surface area contributed by atoms with E-state index in [0.29, 0.717) is 12.1 Å². The van der Waals surface area contributed by atoms with E-state index >= 15 is 0 Å². The van der Waals surface area contributed by atoms with Crippen LogP contribution in [0.4, 0.5) is 5.69 Å². The summed E-state index contributed by atoms with van der Waals surface area (Å²) >= 11 is 0. The summed E-state index contributed by atoms with van der Waals surface area (Å²) in [6.07, 6.45) is 0. The second kappa shape index (κ2) is 7.98. The molecule has 2 N–H and O–H groups in total. The summed E-state index contributed by atoms with van der Waals surface area (Å²) in [4.78, 5) is 23.2. The van der Waals surface area contributed by atoms with Crippen molar-refractivity contribution in [1.29, 1.82) is 0 Å². The van der Waals surface area contributed by atoms with Gasteiger partial charge in [0.25, 0.3) is 0 Å². The predicted octanol–water partition coefficient (Wildman–Crippen LogP) is 2.51. The first-order valence-corrected chi connectivity index (χ1v) is 7.33. The van der Waals surface area contributed by atoms with Crippen molar-refractivity contribution in [3.8, 4) is 0 Å². The van der Waals surface area contributed by atoms with E-state index in [-0.39, 0.29) is 18.4 Å². The van der Waals surface area contributed by atoms with E-state index in [0.717, 1.165) is 16.8 Å². The van der Waals surface area contributed by atoms with Gasteiger partial charge in [-0.1, -0.05) is 24.3 Å². The van der Waals surface area contributed by atoms with Crippen molar-refractivity contribution in [1.82, 2.24) is 5.32 Å². The monoisotopic (exact) mass is 312 g/mol. The Balaban J connectivity index is 1.80. The maximum absolute atomic E-state index is 11.9. The van der Waals surface area contributed by atoms with Crippen molar-refractivity contribution >= 4 is 17.6 Å². The number of benzene rings is 2. The highest BCUT2D eigenvalue weighted by molar-refractivity contribution is 5.89. The number of ether oxygens (including phenoxy) is 1. The molecule has 0 aliphatic heterocycles. The molecule has 0 aliphatic carbocycles. The predicted molar refractivity (Wildman–Crippen MR) is 89.3 cm³/mol. The van der Waals surface area contributed by atoms with Crippen LogP contribution in [0.1, 0.15) is 21.5 Å². The standard InChI is InChI=1S/C18H20N2O3/c1-13-5-3-4-6-15(13)11-20-17(21)12-19-16-9-7-14(8-10-16)18(22)23-2/h3-10,19H,11-12H2,1-2H3,(H,20,21). The fourth-order valence-corrected chi connectivity index (χ4v) is 2.09. The quantitative estimate of drug-likeness (QED) is 0.804. The Hall–Kier alpha value is -2.82. The average molecular weight is 312 g/mol. The highest BCUT2D eigenvalue weighted by Gasteiger charge is 2.06. The molecule has 2 aromatic rings. The van der Waals surface area contributed by atoms with Crippen LogP contribution in [0.2, 0.25) is 0 Å². The molecular formula is C18H20N2O3. The molecule has 0 aliphatic rings. The van der Waals surface area contributed by atoms with Crippen LogP contribution < -0.4 is 10.6 Å². The highest BCUT2D eigenvalue weighted by Crippen LogP contribution is 2.10. The number of methoxy groups -OCH3 is 1. The van der Waals surface area contributed by atoms with E-state index in [2.05, 4.69) is 15.4 Å². The van der Waals surface area contributed by atoms with Crippen molar-refractivity contribution in [3.05, 3.63) is 65.2 Å². The zero-order valence-electron chi connectivity index (χ0n) is 13.3. The lowest BCUT2D eigenvalue weighted by Gasteiger charge is -2.09. The smallest absolute Gasteiger partial charge is 0.337 e. The van der Waals surface area contributed by atoms with Crippen LogP contribution in [0.3, 0.4) is 0 Å². The highest BCUT2D eigenvalue weighted by atomic mass is 16.5. The van der Waals surface area contributed by atoms with E-state index in [1.165, 1.54) is 7.11 Å². The largest absolute Gasteiger partial charge is 0.465 e. The van der Waals surface area contributed by atoms with Gasteiger partial charge in [-0.3, -0.25) is 4.79 Å². The lowest BCUT2D eigenvalue weighted by molar-refractivity contribution is -0.119. The molecule has 2 rings (SSSR count). The van der Waals surface area contributed by atoms with E-state index in [9.17, 15) is 9.59 Å². The molecule has 0 saturated heterocycles. The van der Waals surface area contributed by atoms with Crippen LogP contribution in [0, 0.1) is 6.92 Å². The van der Waals surface area contributed by atoms with Crippen molar-refractivity contribution in [2.75, 3.05) is 19.0 Å². The summed E-state index contributed by atoms with van der Waals surface area (Å²) in [6, 6.07) is 14.7. The minimum absolute atomic E-state index is 0.0923. The van der Waals surface area contributed by atoms with Gasteiger partial charge in [-0.05, 0) is 42.3 Å². The van der Waals surface area contributed by atoms with Gasteiger partial charge >= 0.3 is 5.97 Å². The zero-order valence-corrected chi connectivity index (χ0v) is 13.3. The van der Waals surface area contributed by atoms with Gasteiger partial charge in [0, 0.05) is 12.2 Å². The van der Waals surface area contributed by atoms with Gasteiger partial charge in [-0.25, -0.2) is 4.79 Å². The Morgan fingerprint density at radius 2 is 1.74 bits per heavy atom. The molecule has 120 valence electrons. The van der Waals surface area contributed by atoms with Crippen LogP contribution >= 0.6 is 0 Å². The Morgan fingerprint density at radius 3 is 2.39 bits per heavy atom. The first-order valence-electron chi connectivity index (χ1n) is 7.33. The van der Waals surface area contributed by atoms with Gasteiger partial charge in [-0.2, -0.15) is 0 Å². The zero-order chi connectivity index (χ0) is 16.7. The number of carbonyl (C=O) groups is 2. The van der Waals surface area contributed by atoms with Gasteiger partial charge in [0.1, 0.15) is 0 Å². The maximum atomic E-state index is 11.9. The molecule has 0 heterocycles. The van der Waals surface area contributed by atoms with Crippen molar-refractivity contribution in [2.24, 2.45) is 0 Å². The van der Waals surface area contributed by atoms with Gasteiger partial charge in [0.05, 0.1) is 19.2 Å². The summed E-state index contributed by atoms with van der Waals surface area (Å²) in [6.45, 7) is 2.69. The minimum atomic E-state index is -0.382.